The molecule has 11 heteroatoms. The number of alkyl carbamates (subject to hydrolysis) is 1. The predicted molar refractivity (Wildman–Crippen MR) is 193 cm³/mol. The van der Waals surface area contributed by atoms with E-state index in [0.717, 1.165) is 43.4 Å². The number of hydrogen-bond acceptors (Lipinski definition) is 7. The summed E-state index contributed by atoms with van der Waals surface area (Å²) in [6.45, 7) is 1.66. The highest BCUT2D eigenvalue weighted by molar-refractivity contribution is 9.10. The number of benzene rings is 4. The number of carbonyl (C=O) groups is 2. The van der Waals surface area contributed by atoms with E-state index in [1.807, 2.05) is 97.2 Å². The summed E-state index contributed by atoms with van der Waals surface area (Å²) in [6, 6.07) is 30.7. The van der Waals surface area contributed by atoms with E-state index in [9.17, 15) is 9.59 Å². The zero-order valence-electron chi connectivity index (χ0n) is 27.2. The van der Waals surface area contributed by atoms with Gasteiger partial charge >= 0.3 is 6.09 Å². The van der Waals surface area contributed by atoms with Gasteiger partial charge in [0.05, 0.1) is 18.2 Å². The molecule has 5 rings (SSSR count). The Kier molecular flexibility index (Phi) is 13.1. The average Bonchev–Trinajstić information content (AvgIpc) is 3.54. The maximum Gasteiger partial charge on any atom is 0.407 e. The van der Waals surface area contributed by atoms with Crippen LogP contribution in [0.3, 0.4) is 0 Å². The molecule has 49 heavy (non-hydrogen) atoms. The fraction of sp³-hybridized carbons (Fsp3) is 0.237. The Hall–Kier alpha value is -5.29. The van der Waals surface area contributed by atoms with Crippen LogP contribution in [-0.4, -0.2) is 49.5 Å². The molecule has 0 aliphatic carbocycles. The Balaban J connectivity index is 1.13. The van der Waals surface area contributed by atoms with Crippen LogP contribution in [-0.2, 0) is 40.4 Å². The standard InChI is InChI=1S/C38H39BrN4O6/c1-46-31-15-12-28(13-16-31)26-49-43-35(37(44)40-20-18-30-24-42-34-11-6-5-10-32(30)34)23-29-14-17-36(33(39)22-29)47-21-7-19-41-38(45)48-25-27-8-3-2-4-9-27/h2-6,8-17,22,24,42H,7,18-21,23,25-26H2,1H3,(H,40,44)(H,41,45)/b43-35+. The van der Waals surface area contributed by atoms with E-state index in [4.69, 9.17) is 19.0 Å². The van der Waals surface area contributed by atoms with Gasteiger partial charge in [-0.15, -0.1) is 0 Å². The van der Waals surface area contributed by atoms with Gasteiger partial charge in [0.25, 0.3) is 5.91 Å². The number of aromatic amines is 1. The van der Waals surface area contributed by atoms with Gasteiger partial charge < -0.3 is 34.7 Å². The van der Waals surface area contributed by atoms with Crippen LogP contribution in [0.5, 0.6) is 11.5 Å². The molecule has 0 aliphatic rings. The van der Waals surface area contributed by atoms with E-state index in [-0.39, 0.29) is 31.3 Å². The second kappa shape index (κ2) is 18.3. The third-order valence-corrected chi connectivity index (χ3v) is 8.23. The molecule has 5 aromatic rings. The Morgan fingerprint density at radius 1 is 0.837 bits per heavy atom. The summed E-state index contributed by atoms with van der Waals surface area (Å²) in [7, 11) is 1.61. The van der Waals surface area contributed by atoms with Crippen molar-refractivity contribution in [1.29, 1.82) is 0 Å². The highest BCUT2D eigenvalue weighted by Gasteiger charge is 2.15. The molecule has 3 N–H and O–H groups in total. The van der Waals surface area contributed by atoms with Gasteiger partial charge in [-0.25, -0.2) is 4.79 Å². The lowest BCUT2D eigenvalue weighted by Gasteiger charge is -2.12. The van der Waals surface area contributed by atoms with Crippen molar-refractivity contribution in [2.24, 2.45) is 5.16 Å². The zero-order valence-corrected chi connectivity index (χ0v) is 28.8. The molecule has 2 amide bonds. The second-order valence-corrected chi connectivity index (χ2v) is 12.0. The van der Waals surface area contributed by atoms with Crippen LogP contribution in [0.1, 0.15) is 28.7 Å². The molecule has 0 radical (unpaired) electrons. The Morgan fingerprint density at radius 3 is 2.39 bits per heavy atom. The summed E-state index contributed by atoms with van der Waals surface area (Å²) < 4.78 is 17.1. The molecule has 0 bridgehead atoms. The number of oxime groups is 1. The minimum absolute atomic E-state index is 0.201. The number of methoxy groups -OCH3 is 1. The average molecular weight is 728 g/mol. The van der Waals surface area contributed by atoms with Crippen molar-refractivity contribution in [3.05, 3.63) is 130 Å². The number of halogens is 1. The molecule has 0 aliphatic heterocycles. The topological polar surface area (TPSA) is 123 Å². The van der Waals surface area contributed by atoms with E-state index in [1.165, 1.54) is 0 Å². The van der Waals surface area contributed by atoms with Gasteiger partial charge in [0, 0.05) is 36.6 Å². The fourth-order valence-corrected chi connectivity index (χ4v) is 5.54. The van der Waals surface area contributed by atoms with Gasteiger partial charge in [-0.1, -0.05) is 71.9 Å². The molecule has 1 aromatic heterocycles. The summed E-state index contributed by atoms with van der Waals surface area (Å²) in [5.41, 5.74) is 5.11. The molecule has 10 nitrogen and oxygen atoms in total. The van der Waals surface area contributed by atoms with E-state index < -0.39 is 6.09 Å². The zero-order chi connectivity index (χ0) is 34.3. The summed E-state index contributed by atoms with van der Waals surface area (Å²) >= 11 is 3.59. The minimum Gasteiger partial charge on any atom is -0.497 e. The number of nitrogens with zero attached hydrogens (tertiary/aromatic N) is 1. The number of H-pyrrole nitrogens is 1. The van der Waals surface area contributed by atoms with Gasteiger partial charge in [-0.2, -0.15) is 0 Å². The Bertz CT molecular complexity index is 1840. The normalized spacial score (nSPS) is 11.2. The largest absolute Gasteiger partial charge is 0.497 e. The first kappa shape index (κ1) is 35.0. The molecule has 0 atom stereocenters. The first-order chi connectivity index (χ1) is 24.0. The number of rotatable bonds is 17. The molecule has 0 saturated carbocycles. The van der Waals surface area contributed by atoms with E-state index >= 15 is 0 Å². The van der Waals surface area contributed by atoms with Crippen LogP contribution in [0.15, 0.2) is 113 Å². The van der Waals surface area contributed by atoms with Crippen LogP contribution in [0.4, 0.5) is 4.79 Å². The molecule has 254 valence electrons. The first-order valence-corrected chi connectivity index (χ1v) is 16.8. The van der Waals surface area contributed by atoms with Crippen LogP contribution < -0.4 is 20.1 Å². The molecular formula is C38H39BrN4O6. The number of nitrogens with one attached hydrogen (secondary N) is 3. The smallest absolute Gasteiger partial charge is 0.407 e. The monoisotopic (exact) mass is 726 g/mol. The highest BCUT2D eigenvalue weighted by Crippen LogP contribution is 2.27. The number of carbonyl (C=O) groups excluding carboxylic acids is 2. The Labute approximate surface area is 293 Å². The maximum absolute atomic E-state index is 13.4. The molecule has 0 saturated heterocycles. The molecule has 0 fully saturated rings. The number of aromatic nitrogens is 1. The minimum atomic E-state index is -0.471. The lowest BCUT2D eigenvalue weighted by Crippen LogP contribution is -2.34. The van der Waals surface area contributed by atoms with Crippen molar-refractivity contribution >= 4 is 44.5 Å². The van der Waals surface area contributed by atoms with Crippen molar-refractivity contribution in [3.8, 4) is 11.5 Å². The molecule has 4 aromatic carbocycles. The SMILES string of the molecule is COc1ccc(CO/N=C(\Cc2ccc(OCCCNC(=O)OCc3ccccc3)c(Br)c2)C(=O)NCCc2c[nH]c3ccccc23)cc1. The third kappa shape index (κ3) is 10.9. The van der Waals surface area contributed by atoms with Crippen LogP contribution in [0.25, 0.3) is 10.9 Å². The summed E-state index contributed by atoms with van der Waals surface area (Å²) in [4.78, 5) is 34.2. The van der Waals surface area contributed by atoms with Gasteiger partial charge in [0.15, 0.2) is 0 Å². The van der Waals surface area contributed by atoms with Crippen LogP contribution in [0, 0.1) is 0 Å². The van der Waals surface area contributed by atoms with Crippen molar-refractivity contribution in [2.45, 2.75) is 32.5 Å². The molecule has 0 spiro atoms. The number of ether oxygens (including phenoxy) is 3. The predicted octanol–water partition coefficient (Wildman–Crippen LogP) is 7.11. The Morgan fingerprint density at radius 2 is 1.59 bits per heavy atom. The van der Waals surface area contributed by atoms with Crippen LogP contribution in [0.2, 0.25) is 0 Å². The lowest BCUT2D eigenvalue weighted by atomic mass is 10.1. The molecular weight excluding hydrogens is 688 g/mol. The van der Waals surface area contributed by atoms with Gasteiger partial charge in [-0.3, -0.25) is 4.79 Å². The van der Waals surface area contributed by atoms with Crippen molar-refractivity contribution in [2.75, 3.05) is 26.8 Å². The van der Waals surface area contributed by atoms with Crippen LogP contribution >= 0.6 is 15.9 Å². The molecule has 1 heterocycles. The van der Waals surface area contributed by atoms with Crippen molar-refractivity contribution in [3.63, 3.8) is 0 Å². The van der Waals surface area contributed by atoms with E-state index in [1.54, 1.807) is 7.11 Å². The first-order valence-electron chi connectivity index (χ1n) is 16.0. The van der Waals surface area contributed by atoms with E-state index in [0.29, 0.717) is 38.3 Å². The molecule has 0 unspecified atom stereocenters. The number of para-hydroxylation sites is 1. The second-order valence-electron chi connectivity index (χ2n) is 11.2. The fourth-order valence-electron chi connectivity index (χ4n) is 5.00. The number of hydrogen-bond donors (Lipinski definition) is 3. The lowest BCUT2D eigenvalue weighted by molar-refractivity contribution is -0.115. The number of amides is 2. The van der Waals surface area contributed by atoms with Gasteiger partial charge in [0.1, 0.15) is 30.4 Å². The van der Waals surface area contributed by atoms with Crippen molar-refractivity contribution in [1.82, 2.24) is 15.6 Å². The van der Waals surface area contributed by atoms with Gasteiger partial charge in [-0.05, 0) is 81.4 Å². The number of fused-ring (bicyclic) bond motifs is 1. The summed E-state index contributed by atoms with van der Waals surface area (Å²) in [6.07, 6.45) is 3.01. The van der Waals surface area contributed by atoms with Gasteiger partial charge in [0.2, 0.25) is 0 Å². The summed E-state index contributed by atoms with van der Waals surface area (Å²) in [5, 5.41) is 11.1. The van der Waals surface area contributed by atoms with E-state index in [2.05, 4.69) is 42.8 Å². The quantitative estimate of drug-likeness (QED) is 0.0534. The third-order valence-electron chi connectivity index (χ3n) is 7.61. The maximum atomic E-state index is 13.4. The summed E-state index contributed by atoms with van der Waals surface area (Å²) in [5.74, 6) is 1.09. The van der Waals surface area contributed by atoms with Crippen molar-refractivity contribution < 1.29 is 28.6 Å². The highest BCUT2D eigenvalue weighted by atomic mass is 79.9.